The molecule has 0 aliphatic heterocycles. The summed E-state index contributed by atoms with van der Waals surface area (Å²) in [6.07, 6.45) is 0. The number of nitrogens with two attached hydrogens (primary N) is 1. The van der Waals surface area contributed by atoms with Crippen LogP contribution in [-0.2, 0) is 13.1 Å². The molecule has 0 aliphatic rings. The van der Waals surface area contributed by atoms with Crippen molar-refractivity contribution < 1.29 is 13.6 Å². The number of benzene rings is 2. The third-order valence-corrected chi connectivity index (χ3v) is 3.19. The Morgan fingerprint density at radius 3 is 2.62 bits per heavy atom. The van der Waals surface area contributed by atoms with E-state index in [4.69, 9.17) is 5.73 Å². The lowest BCUT2D eigenvalue weighted by atomic mass is 10.1. The molecular formula is C16H16F2N2O. The number of carbonyl (C=O) groups is 1. The van der Waals surface area contributed by atoms with Crippen LogP contribution in [0.3, 0.4) is 0 Å². The van der Waals surface area contributed by atoms with E-state index in [1.54, 1.807) is 0 Å². The Hall–Kier alpha value is -2.27. The first-order valence-electron chi connectivity index (χ1n) is 6.53. The molecule has 0 aliphatic carbocycles. The molecule has 0 saturated heterocycles. The van der Waals surface area contributed by atoms with Gasteiger partial charge in [0.1, 0.15) is 17.2 Å². The first-order chi connectivity index (χ1) is 10.0. The topological polar surface area (TPSA) is 55.1 Å². The van der Waals surface area contributed by atoms with Crippen molar-refractivity contribution >= 4 is 5.91 Å². The van der Waals surface area contributed by atoms with Gasteiger partial charge in [-0.05, 0) is 29.7 Å². The van der Waals surface area contributed by atoms with Crippen molar-refractivity contribution in [2.75, 3.05) is 0 Å². The van der Waals surface area contributed by atoms with E-state index in [0.717, 1.165) is 17.2 Å². The fourth-order valence-corrected chi connectivity index (χ4v) is 2.00. The van der Waals surface area contributed by atoms with Gasteiger partial charge in [-0.2, -0.15) is 0 Å². The van der Waals surface area contributed by atoms with Gasteiger partial charge in [-0.15, -0.1) is 0 Å². The van der Waals surface area contributed by atoms with Gasteiger partial charge in [-0.1, -0.05) is 30.3 Å². The first-order valence-corrected chi connectivity index (χ1v) is 6.53. The highest BCUT2D eigenvalue weighted by Gasteiger charge is 2.18. The van der Waals surface area contributed by atoms with Crippen LogP contribution in [0.4, 0.5) is 8.78 Å². The molecule has 0 bridgehead atoms. The summed E-state index contributed by atoms with van der Waals surface area (Å²) in [5.74, 6) is -2.47. The maximum Gasteiger partial charge on any atom is 0.257 e. The second kappa shape index (κ2) is 6.45. The average molecular weight is 290 g/mol. The second-order valence-electron chi connectivity index (χ2n) is 4.76. The highest BCUT2D eigenvalue weighted by atomic mass is 19.1. The molecule has 3 nitrogen and oxygen atoms in total. The number of carbonyl (C=O) groups excluding carboxylic acids is 1. The van der Waals surface area contributed by atoms with Gasteiger partial charge in [0, 0.05) is 13.1 Å². The summed E-state index contributed by atoms with van der Waals surface area (Å²) in [5.41, 5.74) is 6.96. The largest absolute Gasteiger partial charge is 0.348 e. The number of hydrogen-bond acceptors (Lipinski definition) is 2. The SMILES string of the molecule is Cc1ccc(F)c(C(=O)NCc2cccc(CN)c2)c1F. The van der Waals surface area contributed by atoms with Crippen LogP contribution in [0.1, 0.15) is 27.0 Å². The Bertz CT molecular complexity index is 671. The number of hydrogen-bond donors (Lipinski definition) is 2. The van der Waals surface area contributed by atoms with E-state index in [0.29, 0.717) is 6.54 Å². The molecule has 3 N–H and O–H groups in total. The van der Waals surface area contributed by atoms with Crippen LogP contribution >= 0.6 is 0 Å². The number of rotatable bonds is 4. The van der Waals surface area contributed by atoms with Gasteiger partial charge < -0.3 is 11.1 Å². The Kier molecular flexibility index (Phi) is 4.65. The van der Waals surface area contributed by atoms with E-state index in [1.165, 1.54) is 13.0 Å². The van der Waals surface area contributed by atoms with Gasteiger partial charge in [-0.25, -0.2) is 8.78 Å². The normalized spacial score (nSPS) is 10.5. The summed E-state index contributed by atoms with van der Waals surface area (Å²) < 4.78 is 27.4. The fraction of sp³-hybridized carbons (Fsp3) is 0.188. The molecule has 0 fully saturated rings. The Labute approximate surface area is 121 Å². The van der Waals surface area contributed by atoms with E-state index in [9.17, 15) is 13.6 Å². The monoisotopic (exact) mass is 290 g/mol. The minimum atomic E-state index is -0.869. The highest BCUT2D eigenvalue weighted by molar-refractivity contribution is 5.94. The predicted octanol–water partition coefficient (Wildman–Crippen LogP) is 2.66. The summed E-state index contributed by atoms with van der Waals surface area (Å²) in [6.45, 7) is 2.05. The van der Waals surface area contributed by atoms with Crippen LogP contribution in [0.2, 0.25) is 0 Å². The van der Waals surface area contributed by atoms with Gasteiger partial charge >= 0.3 is 0 Å². The van der Waals surface area contributed by atoms with Crippen LogP contribution in [0.5, 0.6) is 0 Å². The van der Waals surface area contributed by atoms with Crippen molar-refractivity contribution in [3.8, 4) is 0 Å². The smallest absolute Gasteiger partial charge is 0.257 e. The summed E-state index contributed by atoms with van der Waals surface area (Å²) in [5, 5.41) is 2.52. The molecule has 0 unspecified atom stereocenters. The molecule has 5 heteroatoms. The minimum absolute atomic E-state index is 0.180. The van der Waals surface area contributed by atoms with E-state index in [1.807, 2.05) is 24.3 Å². The zero-order chi connectivity index (χ0) is 15.4. The van der Waals surface area contributed by atoms with Crippen LogP contribution < -0.4 is 11.1 Å². The van der Waals surface area contributed by atoms with E-state index in [-0.39, 0.29) is 12.1 Å². The summed E-state index contributed by atoms with van der Waals surface area (Å²) in [6, 6.07) is 9.71. The Morgan fingerprint density at radius 2 is 1.90 bits per heavy atom. The molecule has 2 aromatic rings. The molecule has 2 aromatic carbocycles. The summed E-state index contributed by atoms with van der Waals surface area (Å²) in [4.78, 5) is 12.0. The highest BCUT2D eigenvalue weighted by Crippen LogP contribution is 2.16. The lowest BCUT2D eigenvalue weighted by Gasteiger charge is -2.09. The van der Waals surface area contributed by atoms with Crippen molar-refractivity contribution in [2.24, 2.45) is 5.73 Å². The van der Waals surface area contributed by atoms with Gasteiger partial charge in [0.25, 0.3) is 5.91 Å². The molecule has 0 saturated carbocycles. The number of aryl methyl sites for hydroxylation is 1. The molecule has 110 valence electrons. The Balaban J connectivity index is 2.14. The second-order valence-corrected chi connectivity index (χ2v) is 4.76. The van der Waals surface area contributed by atoms with Crippen LogP contribution in [0, 0.1) is 18.6 Å². The maximum absolute atomic E-state index is 13.8. The molecule has 0 radical (unpaired) electrons. The van der Waals surface area contributed by atoms with Gasteiger partial charge in [-0.3, -0.25) is 4.79 Å². The van der Waals surface area contributed by atoms with Gasteiger partial charge in [0.2, 0.25) is 0 Å². The summed E-state index contributed by atoms with van der Waals surface area (Å²) >= 11 is 0. The van der Waals surface area contributed by atoms with Gasteiger partial charge in [0.15, 0.2) is 0 Å². The molecule has 0 heterocycles. The quantitative estimate of drug-likeness (QED) is 0.909. The zero-order valence-electron chi connectivity index (χ0n) is 11.6. The molecule has 0 atom stereocenters. The minimum Gasteiger partial charge on any atom is -0.348 e. The molecule has 0 spiro atoms. The molecule has 1 amide bonds. The Morgan fingerprint density at radius 1 is 1.19 bits per heavy atom. The standard InChI is InChI=1S/C16H16F2N2O/c1-10-5-6-13(17)14(15(10)18)16(21)20-9-12-4-2-3-11(7-12)8-19/h2-7H,8-9,19H2,1H3,(H,20,21). The van der Waals surface area contributed by atoms with Gasteiger partial charge in [0.05, 0.1) is 0 Å². The van der Waals surface area contributed by atoms with Crippen LogP contribution in [0.25, 0.3) is 0 Å². The molecule has 0 aromatic heterocycles. The lowest BCUT2D eigenvalue weighted by Crippen LogP contribution is -2.25. The van der Waals surface area contributed by atoms with Crippen LogP contribution in [0.15, 0.2) is 36.4 Å². The van der Waals surface area contributed by atoms with Crippen molar-refractivity contribution in [3.63, 3.8) is 0 Å². The van der Waals surface area contributed by atoms with Crippen molar-refractivity contribution in [2.45, 2.75) is 20.0 Å². The van der Waals surface area contributed by atoms with Crippen LogP contribution in [-0.4, -0.2) is 5.91 Å². The third-order valence-electron chi connectivity index (χ3n) is 3.19. The number of halogens is 2. The van der Waals surface area contributed by atoms with E-state index in [2.05, 4.69) is 5.32 Å². The molecular weight excluding hydrogens is 274 g/mol. The summed E-state index contributed by atoms with van der Waals surface area (Å²) in [7, 11) is 0. The fourth-order valence-electron chi connectivity index (χ4n) is 2.00. The van der Waals surface area contributed by atoms with E-state index >= 15 is 0 Å². The molecule has 21 heavy (non-hydrogen) atoms. The average Bonchev–Trinajstić information content (AvgIpc) is 2.49. The predicted molar refractivity (Wildman–Crippen MR) is 76.6 cm³/mol. The van der Waals surface area contributed by atoms with Crippen molar-refractivity contribution in [1.29, 1.82) is 0 Å². The number of nitrogens with one attached hydrogen (secondary N) is 1. The van der Waals surface area contributed by atoms with Crippen molar-refractivity contribution in [3.05, 3.63) is 70.3 Å². The number of amides is 1. The zero-order valence-corrected chi connectivity index (χ0v) is 11.6. The maximum atomic E-state index is 13.8. The lowest BCUT2D eigenvalue weighted by molar-refractivity contribution is 0.0942. The van der Waals surface area contributed by atoms with E-state index < -0.39 is 23.1 Å². The third kappa shape index (κ3) is 3.44. The first kappa shape index (κ1) is 15.1. The van der Waals surface area contributed by atoms with Crippen molar-refractivity contribution in [1.82, 2.24) is 5.32 Å². The molecule has 2 rings (SSSR count).